The Morgan fingerprint density at radius 2 is 1.77 bits per heavy atom. The molecule has 1 fully saturated rings. The van der Waals surface area contributed by atoms with Crippen LogP contribution < -0.4 is 4.74 Å². The molecule has 1 aliphatic heterocycles. The van der Waals surface area contributed by atoms with Crippen LogP contribution in [0.15, 0.2) is 72.9 Å². The number of alkyl halides is 3. The number of ether oxygens (including phenoxy) is 3. The molecule has 1 atom stereocenters. The Labute approximate surface area is 199 Å². The number of rotatable bonds is 4. The van der Waals surface area contributed by atoms with Crippen molar-refractivity contribution in [1.29, 1.82) is 5.26 Å². The van der Waals surface area contributed by atoms with Crippen molar-refractivity contribution in [2.24, 2.45) is 0 Å². The molecular weight excluding hydrogens is 457 g/mol. The van der Waals surface area contributed by atoms with Crippen LogP contribution in [0.3, 0.4) is 0 Å². The van der Waals surface area contributed by atoms with E-state index < -0.39 is 23.1 Å². The molecule has 178 valence electrons. The molecular formula is C27H21F3N2O3. The standard InChI is InChI=1S/C27H21F3N2O3/c1-26(2)33-16-25(35-26)22-4-3-5-24-21(22)12-13-32(24)18-6-8-19(9-7-18)34-20-10-11-23(27(28,29)30)17(14-20)15-31/h3-14,25H,16H2,1-2H3. The minimum absolute atomic E-state index is 0.151. The minimum atomic E-state index is -4.60. The third kappa shape index (κ3) is 4.48. The summed E-state index contributed by atoms with van der Waals surface area (Å²) >= 11 is 0. The van der Waals surface area contributed by atoms with Gasteiger partial charge in [-0.15, -0.1) is 0 Å². The Morgan fingerprint density at radius 3 is 2.43 bits per heavy atom. The van der Waals surface area contributed by atoms with Crippen LogP contribution >= 0.6 is 0 Å². The summed E-state index contributed by atoms with van der Waals surface area (Å²) in [5.41, 5.74) is 1.48. The fourth-order valence-electron chi connectivity index (χ4n) is 4.28. The van der Waals surface area contributed by atoms with E-state index in [9.17, 15) is 13.2 Å². The van der Waals surface area contributed by atoms with E-state index in [1.54, 1.807) is 18.2 Å². The lowest BCUT2D eigenvalue weighted by Gasteiger charge is -2.17. The molecule has 0 spiro atoms. The van der Waals surface area contributed by atoms with Crippen LogP contribution in [0.1, 0.15) is 36.6 Å². The third-order valence-electron chi connectivity index (χ3n) is 5.89. The maximum Gasteiger partial charge on any atom is 0.417 e. The first-order valence-corrected chi connectivity index (χ1v) is 11.0. The van der Waals surface area contributed by atoms with Gasteiger partial charge in [0.25, 0.3) is 0 Å². The molecule has 1 saturated heterocycles. The highest BCUT2D eigenvalue weighted by atomic mass is 19.4. The number of aromatic nitrogens is 1. The molecule has 0 saturated carbocycles. The number of hydrogen-bond donors (Lipinski definition) is 0. The van der Waals surface area contributed by atoms with Crippen LogP contribution in [0, 0.1) is 11.3 Å². The van der Waals surface area contributed by atoms with E-state index in [1.807, 2.05) is 61.0 Å². The van der Waals surface area contributed by atoms with Crippen molar-refractivity contribution in [1.82, 2.24) is 4.57 Å². The zero-order chi connectivity index (χ0) is 24.8. The van der Waals surface area contributed by atoms with Crippen LogP contribution in [-0.2, 0) is 15.7 Å². The van der Waals surface area contributed by atoms with Crippen molar-refractivity contribution >= 4 is 10.9 Å². The number of nitriles is 1. The van der Waals surface area contributed by atoms with Crippen molar-refractivity contribution in [3.63, 3.8) is 0 Å². The van der Waals surface area contributed by atoms with Crippen LogP contribution in [-0.4, -0.2) is 17.0 Å². The topological polar surface area (TPSA) is 56.4 Å². The summed E-state index contributed by atoms with van der Waals surface area (Å²) in [5.74, 6) is -0.0277. The molecule has 1 aromatic heterocycles. The second-order valence-corrected chi connectivity index (χ2v) is 8.70. The third-order valence-corrected chi connectivity index (χ3v) is 5.89. The van der Waals surface area contributed by atoms with Gasteiger partial charge in [0, 0.05) is 17.3 Å². The van der Waals surface area contributed by atoms with Gasteiger partial charge in [0.2, 0.25) is 0 Å². The Morgan fingerprint density at radius 1 is 1.03 bits per heavy atom. The number of benzene rings is 3. The van der Waals surface area contributed by atoms with E-state index in [2.05, 4.69) is 0 Å². The summed E-state index contributed by atoms with van der Waals surface area (Å²) in [4.78, 5) is 0. The van der Waals surface area contributed by atoms with E-state index in [0.29, 0.717) is 12.4 Å². The first-order valence-electron chi connectivity index (χ1n) is 11.0. The predicted octanol–water partition coefficient (Wildman–Crippen LogP) is 7.14. The zero-order valence-corrected chi connectivity index (χ0v) is 19.0. The van der Waals surface area contributed by atoms with Crippen molar-refractivity contribution in [3.05, 3.63) is 89.6 Å². The van der Waals surface area contributed by atoms with Gasteiger partial charge in [0.1, 0.15) is 17.6 Å². The van der Waals surface area contributed by atoms with Gasteiger partial charge in [-0.25, -0.2) is 0 Å². The van der Waals surface area contributed by atoms with E-state index in [0.717, 1.165) is 34.3 Å². The summed E-state index contributed by atoms with van der Waals surface area (Å²) in [5, 5.41) is 10.2. The zero-order valence-electron chi connectivity index (χ0n) is 19.0. The van der Waals surface area contributed by atoms with Crippen LogP contribution in [0.25, 0.3) is 16.6 Å². The molecule has 0 aliphatic carbocycles. The van der Waals surface area contributed by atoms with Crippen LogP contribution in [0.4, 0.5) is 13.2 Å². The summed E-state index contributed by atoms with van der Waals surface area (Å²) in [6, 6.07) is 20.0. The molecule has 1 unspecified atom stereocenters. The second kappa shape index (κ2) is 8.45. The quantitative estimate of drug-likeness (QED) is 0.313. The molecule has 35 heavy (non-hydrogen) atoms. The summed E-state index contributed by atoms with van der Waals surface area (Å²) in [6.07, 6.45) is -2.78. The lowest BCUT2D eigenvalue weighted by molar-refractivity contribution is -0.139. The SMILES string of the molecule is CC1(C)OCC(c2cccc3c2ccn3-c2ccc(Oc3ccc(C(F)(F)F)c(C#N)c3)cc2)O1. The number of hydrogen-bond acceptors (Lipinski definition) is 4. The number of nitrogens with zero attached hydrogens (tertiary/aromatic N) is 2. The molecule has 3 aromatic carbocycles. The van der Waals surface area contributed by atoms with Gasteiger partial charge in [-0.2, -0.15) is 18.4 Å². The van der Waals surface area contributed by atoms with Crippen LogP contribution in [0.2, 0.25) is 0 Å². The number of fused-ring (bicyclic) bond motifs is 1. The Balaban J connectivity index is 1.39. The van der Waals surface area contributed by atoms with Crippen molar-refractivity contribution < 1.29 is 27.4 Å². The highest BCUT2D eigenvalue weighted by Crippen LogP contribution is 2.37. The normalized spacial score (nSPS) is 17.4. The molecule has 1 aliphatic rings. The number of halogens is 3. The van der Waals surface area contributed by atoms with Gasteiger partial charge in [-0.3, -0.25) is 0 Å². The molecule has 0 N–H and O–H groups in total. The molecule has 5 rings (SSSR count). The van der Waals surface area contributed by atoms with E-state index in [1.165, 1.54) is 6.07 Å². The van der Waals surface area contributed by atoms with Gasteiger partial charge in [-0.05, 0) is 74.0 Å². The van der Waals surface area contributed by atoms with Crippen molar-refractivity contribution in [2.45, 2.75) is 31.9 Å². The molecule has 2 heterocycles. The van der Waals surface area contributed by atoms with E-state index >= 15 is 0 Å². The first-order chi connectivity index (χ1) is 16.6. The van der Waals surface area contributed by atoms with E-state index in [-0.39, 0.29) is 11.9 Å². The van der Waals surface area contributed by atoms with E-state index in [4.69, 9.17) is 19.5 Å². The van der Waals surface area contributed by atoms with Gasteiger partial charge >= 0.3 is 6.18 Å². The van der Waals surface area contributed by atoms with Gasteiger partial charge in [0.15, 0.2) is 5.79 Å². The Bertz CT molecular complexity index is 1430. The monoisotopic (exact) mass is 478 g/mol. The smallest absolute Gasteiger partial charge is 0.417 e. The van der Waals surface area contributed by atoms with Gasteiger partial charge in [-0.1, -0.05) is 12.1 Å². The second-order valence-electron chi connectivity index (χ2n) is 8.70. The Hall–Kier alpha value is -3.80. The fourth-order valence-corrected chi connectivity index (χ4v) is 4.28. The molecule has 8 heteroatoms. The van der Waals surface area contributed by atoms with Gasteiger partial charge in [0.05, 0.1) is 29.3 Å². The van der Waals surface area contributed by atoms with Crippen molar-refractivity contribution in [2.75, 3.05) is 6.61 Å². The largest absolute Gasteiger partial charge is 0.457 e. The predicted molar refractivity (Wildman–Crippen MR) is 123 cm³/mol. The average molecular weight is 478 g/mol. The summed E-state index contributed by atoms with van der Waals surface area (Å²) in [6.45, 7) is 4.28. The minimum Gasteiger partial charge on any atom is -0.457 e. The highest BCUT2D eigenvalue weighted by Gasteiger charge is 2.35. The van der Waals surface area contributed by atoms with Gasteiger partial charge < -0.3 is 18.8 Å². The first kappa shape index (κ1) is 23.0. The van der Waals surface area contributed by atoms with Crippen LogP contribution in [0.5, 0.6) is 11.5 Å². The molecule has 4 aromatic rings. The summed E-state index contributed by atoms with van der Waals surface area (Å²) in [7, 11) is 0. The lowest BCUT2D eigenvalue weighted by atomic mass is 10.1. The maximum atomic E-state index is 13.0. The molecule has 5 nitrogen and oxygen atoms in total. The average Bonchev–Trinajstić information content (AvgIpc) is 3.41. The lowest BCUT2D eigenvalue weighted by Crippen LogP contribution is -2.19. The highest BCUT2D eigenvalue weighted by molar-refractivity contribution is 5.85. The molecule has 0 amide bonds. The molecule has 0 radical (unpaired) electrons. The molecule has 0 bridgehead atoms. The fraction of sp³-hybridized carbons (Fsp3) is 0.222. The van der Waals surface area contributed by atoms with Crippen molar-refractivity contribution in [3.8, 4) is 23.3 Å². The maximum absolute atomic E-state index is 13.0. The Kier molecular flexibility index (Phi) is 5.55. The summed E-state index contributed by atoms with van der Waals surface area (Å²) < 4.78 is 58.6.